The predicted molar refractivity (Wildman–Crippen MR) is 58.9 cm³/mol. The molecule has 1 saturated carbocycles. The van der Waals surface area contributed by atoms with Crippen LogP contribution in [0.2, 0.25) is 0 Å². The Kier molecular flexibility index (Phi) is 1.86. The fraction of sp³-hybridized carbons (Fsp3) is 0.500. The van der Waals surface area contributed by atoms with E-state index in [1.807, 2.05) is 0 Å². The van der Waals surface area contributed by atoms with E-state index in [1.54, 1.807) is 11.1 Å². The van der Waals surface area contributed by atoms with Crippen molar-refractivity contribution in [2.75, 3.05) is 0 Å². The van der Waals surface area contributed by atoms with Gasteiger partial charge >= 0.3 is 0 Å². The maximum Gasteiger partial charge on any atom is 0.0486 e. The fourth-order valence-corrected chi connectivity index (χ4v) is 4.20. The van der Waals surface area contributed by atoms with Crippen LogP contribution in [-0.4, -0.2) is 10.5 Å². The first-order chi connectivity index (χ1) is 6.45. The van der Waals surface area contributed by atoms with Crippen LogP contribution in [-0.2, 0) is 0 Å². The summed E-state index contributed by atoms with van der Waals surface area (Å²) in [5.41, 5.74) is 3.40. The van der Waals surface area contributed by atoms with Crippen LogP contribution < -0.4 is 0 Å². The Labute approximate surface area is 83.8 Å². The Bertz CT molecular complexity index is 309. The molecule has 0 aromatic carbocycles. The van der Waals surface area contributed by atoms with Crippen LogP contribution in [0.1, 0.15) is 25.7 Å². The summed E-state index contributed by atoms with van der Waals surface area (Å²) in [6.07, 6.45) is 14.7. The molecule has 0 nitrogen and oxygen atoms in total. The third-order valence-corrected chi connectivity index (χ3v) is 4.77. The van der Waals surface area contributed by atoms with Crippen molar-refractivity contribution in [1.82, 2.24) is 0 Å². The van der Waals surface area contributed by atoms with E-state index in [0.29, 0.717) is 5.25 Å². The van der Waals surface area contributed by atoms with E-state index in [-0.39, 0.29) is 0 Å². The van der Waals surface area contributed by atoms with Crippen molar-refractivity contribution in [3.05, 3.63) is 35.5 Å². The lowest BCUT2D eigenvalue weighted by atomic mass is 9.89. The van der Waals surface area contributed by atoms with Gasteiger partial charge in [-0.05, 0) is 24.8 Å². The summed E-state index contributed by atoms with van der Waals surface area (Å²) in [4.78, 5) is 0. The standard InChI is InChI=1S/C12H14S/c1-3-7-11-9(5-1)10-6-2-4-8-12(10)13-11/h1,3,5,7,11-12H,2,4,6,8H2. The molecule has 0 radical (unpaired) electrons. The van der Waals surface area contributed by atoms with Crippen LogP contribution in [0.5, 0.6) is 0 Å². The van der Waals surface area contributed by atoms with Gasteiger partial charge in [-0.2, -0.15) is 0 Å². The average Bonchev–Trinajstić information content (AvgIpc) is 2.56. The molecular weight excluding hydrogens is 176 g/mol. The summed E-state index contributed by atoms with van der Waals surface area (Å²) in [6, 6.07) is 0. The number of hydrogen-bond donors (Lipinski definition) is 0. The molecule has 0 bridgehead atoms. The number of hydrogen-bond acceptors (Lipinski definition) is 1. The van der Waals surface area contributed by atoms with Gasteiger partial charge in [0.2, 0.25) is 0 Å². The van der Waals surface area contributed by atoms with Crippen LogP contribution >= 0.6 is 11.8 Å². The highest BCUT2D eigenvalue weighted by Gasteiger charge is 2.33. The second-order valence-corrected chi connectivity index (χ2v) is 5.36. The first-order valence-electron chi connectivity index (χ1n) is 5.18. The first-order valence-corrected chi connectivity index (χ1v) is 6.13. The molecule has 0 N–H and O–H groups in total. The second-order valence-electron chi connectivity index (χ2n) is 4.02. The Morgan fingerprint density at radius 2 is 2.23 bits per heavy atom. The summed E-state index contributed by atoms with van der Waals surface area (Å²) >= 11 is 2.17. The molecule has 2 atom stereocenters. The van der Waals surface area contributed by atoms with Gasteiger partial charge in [0.05, 0.1) is 0 Å². The minimum absolute atomic E-state index is 0.697. The molecule has 0 aromatic rings. The quantitative estimate of drug-likeness (QED) is 0.563. The minimum atomic E-state index is 0.697. The number of fused-ring (bicyclic) bond motifs is 2. The van der Waals surface area contributed by atoms with Gasteiger partial charge in [0.1, 0.15) is 0 Å². The highest BCUT2D eigenvalue weighted by Crippen LogP contribution is 2.47. The van der Waals surface area contributed by atoms with Crippen molar-refractivity contribution in [3.63, 3.8) is 0 Å². The van der Waals surface area contributed by atoms with Crippen molar-refractivity contribution in [1.29, 1.82) is 0 Å². The van der Waals surface area contributed by atoms with Crippen LogP contribution in [0.3, 0.4) is 0 Å². The molecule has 1 heteroatoms. The lowest BCUT2D eigenvalue weighted by Crippen LogP contribution is -2.08. The maximum absolute atomic E-state index is 2.35. The van der Waals surface area contributed by atoms with E-state index in [0.717, 1.165) is 5.25 Å². The Hall–Kier alpha value is -0.430. The largest absolute Gasteiger partial charge is 0.142 e. The van der Waals surface area contributed by atoms with E-state index < -0.39 is 0 Å². The van der Waals surface area contributed by atoms with Crippen molar-refractivity contribution in [2.24, 2.45) is 0 Å². The van der Waals surface area contributed by atoms with E-state index >= 15 is 0 Å². The van der Waals surface area contributed by atoms with Gasteiger partial charge in [-0.1, -0.05) is 36.3 Å². The molecule has 0 saturated heterocycles. The minimum Gasteiger partial charge on any atom is -0.142 e. The van der Waals surface area contributed by atoms with Crippen LogP contribution in [0.15, 0.2) is 35.5 Å². The van der Waals surface area contributed by atoms with Gasteiger partial charge in [0.15, 0.2) is 0 Å². The van der Waals surface area contributed by atoms with Gasteiger partial charge < -0.3 is 0 Å². The number of thioether (sulfide) groups is 1. The van der Waals surface area contributed by atoms with Crippen LogP contribution in [0.25, 0.3) is 0 Å². The van der Waals surface area contributed by atoms with Crippen molar-refractivity contribution < 1.29 is 0 Å². The zero-order valence-electron chi connectivity index (χ0n) is 7.70. The lowest BCUT2D eigenvalue weighted by molar-refractivity contribution is 0.610. The molecule has 0 amide bonds. The normalized spacial score (nSPS) is 36.3. The highest BCUT2D eigenvalue weighted by atomic mass is 32.2. The zero-order chi connectivity index (χ0) is 8.67. The summed E-state index contributed by atoms with van der Waals surface area (Å²) in [6.45, 7) is 0. The fourth-order valence-electron chi connectivity index (χ4n) is 2.57. The summed E-state index contributed by atoms with van der Waals surface area (Å²) in [5.74, 6) is 0. The van der Waals surface area contributed by atoms with Gasteiger partial charge in [0.25, 0.3) is 0 Å². The van der Waals surface area contributed by atoms with Gasteiger partial charge in [-0.3, -0.25) is 0 Å². The molecule has 1 fully saturated rings. The molecule has 1 aliphatic heterocycles. The average molecular weight is 190 g/mol. The lowest BCUT2D eigenvalue weighted by Gasteiger charge is -2.19. The third kappa shape index (κ3) is 1.21. The zero-order valence-corrected chi connectivity index (χ0v) is 8.52. The molecule has 1 heterocycles. The summed E-state index contributed by atoms with van der Waals surface area (Å²) in [5, 5.41) is 1.56. The number of rotatable bonds is 0. The van der Waals surface area contributed by atoms with Crippen molar-refractivity contribution >= 4 is 11.8 Å². The predicted octanol–water partition coefficient (Wildman–Crippen LogP) is 3.47. The van der Waals surface area contributed by atoms with Crippen LogP contribution in [0.4, 0.5) is 0 Å². The smallest absolute Gasteiger partial charge is 0.0486 e. The Morgan fingerprint density at radius 1 is 1.23 bits per heavy atom. The molecule has 3 aliphatic rings. The van der Waals surface area contributed by atoms with E-state index in [2.05, 4.69) is 36.1 Å². The van der Waals surface area contributed by atoms with Gasteiger partial charge in [-0.15, -0.1) is 11.8 Å². The van der Waals surface area contributed by atoms with Gasteiger partial charge in [0, 0.05) is 10.5 Å². The van der Waals surface area contributed by atoms with E-state index in [4.69, 9.17) is 0 Å². The molecule has 13 heavy (non-hydrogen) atoms. The maximum atomic E-state index is 2.35. The SMILES string of the molecule is C1=CC2=C3CCCCC3SC2C=C1. The molecule has 3 rings (SSSR count). The van der Waals surface area contributed by atoms with Crippen LogP contribution in [0, 0.1) is 0 Å². The third-order valence-electron chi connectivity index (χ3n) is 3.21. The van der Waals surface area contributed by atoms with Crippen molar-refractivity contribution in [2.45, 2.75) is 36.2 Å². The molecule has 0 aromatic heterocycles. The van der Waals surface area contributed by atoms with Gasteiger partial charge in [-0.25, -0.2) is 0 Å². The summed E-state index contributed by atoms with van der Waals surface area (Å²) < 4.78 is 0. The number of allylic oxidation sites excluding steroid dienone is 3. The highest BCUT2D eigenvalue weighted by molar-refractivity contribution is 8.01. The van der Waals surface area contributed by atoms with E-state index in [9.17, 15) is 0 Å². The Morgan fingerprint density at radius 3 is 3.23 bits per heavy atom. The van der Waals surface area contributed by atoms with E-state index in [1.165, 1.54) is 25.7 Å². The molecule has 2 unspecified atom stereocenters. The summed E-state index contributed by atoms with van der Waals surface area (Å²) in [7, 11) is 0. The Balaban J connectivity index is 2.00. The first kappa shape index (κ1) is 7.93. The monoisotopic (exact) mass is 190 g/mol. The second kappa shape index (κ2) is 3.06. The molecule has 2 aliphatic carbocycles. The molecular formula is C12H14S. The molecule has 0 spiro atoms. The topological polar surface area (TPSA) is 0 Å². The molecule has 68 valence electrons. The van der Waals surface area contributed by atoms with Crippen molar-refractivity contribution in [3.8, 4) is 0 Å².